The fourth-order valence-electron chi connectivity index (χ4n) is 3.33. The van der Waals surface area contributed by atoms with Crippen molar-refractivity contribution >= 4 is 5.97 Å². The van der Waals surface area contributed by atoms with Gasteiger partial charge in [-0.05, 0) is 43.2 Å². The molecule has 2 heteroatoms. The van der Waals surface area contributed by atoms with E-state index in [1.165, 1.54) is 5.56 Å². The molecule has 0 radical (unpaired) electrons. The zero-order valence-corrected chi connectivity index (χ0v) is 13.9. The summed E-state index contributed by atoms with van der Waals surface area (Å²) in [6.07, 6.45) is 4.81. The van der Waals surface area contributed by atoms with Crippen molar-refractivity contribution in [1.29, 1.82) is 0 Å². The van der Waals surface area contributed by atoms with Crippen LogP contribution in [0.15, 0.2) is 60.7 Å². The van der Waals surface area contributed by atoms with Gasteiger partial charge in [0, 0.05) is 0 Å². The van der Waals surface area contributed by atoms with Crippen LogP contribution in [0, 0.1) is 5.41 Å². The number of benzene rings is 2. The third-order valence-electron chi connectivity index (χ3n) is 4.53. The van der Waals surface area contributed by atoms with E-state index >= 15 is 0 Å². The Labute approximate surface area is 139 Å². The molecule has 2 aromatic rings. The molecule has 1 N–H and O–H groups in total. The molecule has 2 rings (SSSR count). The van der Waals surface area contributed by atoms with Crippen LogP contribution in [0.1, 0.15) is 43.7 Å². The molecule has 23 heavy (non-hydrogen) atoms. The van der Waals surface area contributed by atoms with E-state index in [1.807, 2.05) is 48.5 Å². The molecule has 0 aromatic heterocycles. The fourth-order valence-corrected chi connectivity index (χ4v) is 3.33. The Hall–Kier alpha value is -2.09. The molecule has 0 aliphatic heterocycles. The van der Waals surface area contributed by atoms with Crippen molar-refractivity contribution in [3.05, 3.63) is 71.8 Å². The SMILES string of the molecule is CCCC(CCCc1ccccc1)(Cc1ccccc1)C(=O)O. The van der Waals surface area contributed by atoms with Crippen molar-refractivity contribution in [3.8, 4) is 0 Å². The van der Waals surface area contributed by atoms with E-state index in [1.54, 1.807) is 0 Å². The average molecular weight is 310 g/mol. The van der Waals surface area contributed by atoms with Gasteiger partial charge in [0.2, 0.25) is 0 Å². The van der Waals surface area contributed by atoms with Crippen LogP contribution in [0.4, 0.5) is 0 Å². The van der Waals surface area contributed by atoms with Gasteiger partial charge >= 0.3 is 5.97 Å². The van der Waals surface area contributed by atoms with Gasteiger partial charge in [0.05, 0.1) is 5.41 Å². The van der Waals surface area contributed by atoms with E-state index in [0.717, 1.165) is 37.7 Å². The van der Waals surface area contributed by atoms with Crippen molar-refractivity contribution in [2.75, 3.05) is 0 Å². The third kappa shape index (κ3) is 4.95. The summed E-state index contributed by atoms with van der Waals surface area (Å²) in [4.78, 5) is 12.1. The predicted molar refractivity (Wildman–Crippen MR) is 94.5 cm³/mol. The summed E-state index contributed by atoms with van der Waals surface area (Å²) in [5.41, 5.74) is 1.75. The Balaban J connectivity index is 2.08. The second kappa shape index (κ2) is 8.52. The van der Waals surface area contributed by atoms with Crippen molar-refractivity contribution in [1.82, 2.24) is 0 Å². The Morgan fingerprint density at radius 3 is 2.00 bits per heavy atom. The molecule has 0 fully saturated rings. The summed E-state index contributed by atoms with van der Waals surface area (Å²) in [5.74, 6) is -0.656. The first-order valence-corrected chi connectivity index (χ1v) is 8.47. The maximum atomic E-state index is 12.1. The summed E-state index contributed by atoms with van der Waals surface area (Å²) in [6, 6.07) is 20.3. The lowest BCUT2D eigenvalue weighted by atomic mass is 9.74. The molecule has 0 saturated heterocycles. The van der Waals surface area contributed by atoms with Gasteiger partial charge in [-0.3, -0.25) is 4.79 Å². The number of hydrogen-bond acceptors (Lipinski definition) is 1. The number of hydrogen-bond donors (Lipinski definition) is 1. The summed E-state index contributed by atoms with van der Waals surface area (Å²) in [7, 11) is 0. The molecule has 0 bridgehead atoms. The highest BCUT2D eigenvalue weighted by Gasteiger charge is 2.37. The molecule has 1 unspecified atom stereocenters. The Kier molecular flexibility index (Phi) is 6.40. The lowest BCUT2D eigenvalue weighted by Crippen LogP contribution is -2.33. The van der Waals surface area contributed by atoms with Gasteiger partial charge in [0.25, 0.3) is 0 Å². The van der Waals surface area contributed by atoms with Crippen LogP contribution in [-0.2, 0) is 17.6 Å². The van der Waals surface area contributed by atoms with Gasteiger partial charge in [-0.25, -0.2) is 0 Å². The first kappa shape index (κ1) is 17.3. The normalized spacial score (nSPS) is 13.4. The number of aliphatic carboxylic acids is 1. The third-order valence-corrected chi connectivity index (χ3v) is 4.53. The minimum absolute atomic E-state index is 0.617. The summed E-state index contributed by atoms with van der Waals surface area (Å²) in [6.45, 7) is 2.07. The highest BCUT2D eigenvalue weighted by Crippen LogP contribution is 2.35. The van der Waals surface area contributed by atoms with Crippen molar-refractivity contribution < 1.29 is 9.90 Å². The quantitative estimate of drug-likeness (QED) is 0.697. The lowest BCUT2D eigenvalue weighted by molar-refractivity contribution is -0.150. The Bertz CT molecular complexity index is 592. The van der Waals surface area contributed by atoms with E-state index in [2.05, 4.69) is 19.1 Å². The van der Waals surface area contributed by atoms with Crippen LogP contribution < -0.4 is 0 Å². The smallest absolute Gasteiger partial charge is 0.309 e. The summed E-state index contributed by atoms with van der Waals surface area (Å²) in [5, 5.41) is 9.91. The van der Waals surface area contributed by atoms with Crippen LogP contribution in [0.5, 0.6) is 0 Å². The monoisotopic (exact) mass is 310 g/mol. The number of aryl methyl sites for hydroxylation is 1. The van der Waals surface area contributed by atoms with Gasteiger partial charge in [-0.15, -0.1) is 0 Å². The molecule has 0 spiro atoms. The van der Waals surface area contributed by atoms with Crippen LogP contribution in [0.25, 0.3) is 0 Å². The molecule has 0 saturated carbocycles. The highest BCUT2D eigenvalue weighted by atomic mass is 16.4. The Morgan fingerprint density at radius 1 is 0.913 bits per heavy atom. The van der Waals surface area contributed by atoms with E-state index in [4.69, 9.17) is 0 Å². The molecule has 0 aliphatic rings. The lowest BCUT2D eigenvalue weighted by Gasteiger charge is -2.29. The molecular formula is C21H26O2. The molecule has 2 aromatic carbocycles. The second-order valence-electron chi connectivity index (χ2n) is 6.34. The Morgan fingerprint density at radius 2 is 1.48 bits per heavy atom. The molecule has 0 aliphatic carbocycles. The van der Waals surface area contributed by atoms with Gasteiger partial charge in [0.1, 0.15) is 0 Å². The number of carboxylic acid groups (broad SMARTS) is 1. The topological polar surface area (TPSA) is 37.3 Å². The van der Waals surface area contributed by atoms with E-state index in [0.29, 0.717) is 6.42 Å². The molecule has 1 atom stereocenters. The maximum Gasteiger partial charge on any atom is 0.309 e. The maximum absolute atomic E-state index is 12.1. The average Bonchev–Trinajstić information content (AvgIpc) is 2.56. The number of carbonyl (C=O) groups is 1. The standard InChI is InChI=1S/C21H26O2/c1-2-15-21(20(22)23,17-19-12-7-4-8-13-19)16-9-14-18-10-5-3-6-11-18/h3-8,10-13H,2,9,14-17H2,1H3,(H,22,23). The zero-order chi connectivity index (χ0) is 16.5. The second-order valence-corrected chi connectivity index (χ2v) is 6.34. The molecule has 0 heterocycles. The molecule has 2 nitrogen and oxygen atoms in total. The predicted octanol–water partition coefficient (Wildman–Crippen LogP) is 5.12. The summed E-state index contributed by atoms with van der Waals surface area (Å²) >= 11 is 0. The van der Waals surface area contributed by atoms with Gasteiger partial charge in [0.15, 0.2) is 0 Å². The van der Waals surface area contributed by atoms with Crippen LogP contribution in [0.3, 0.4) is 0 Å². The van der Waals surface area contributed by atoms with E-state index in [-0.39, 0.29) is 0 Å². The van der Waals surface area contributed by atoms with E-state index < -0.39 is 11.4 Å². The largest absolute Gasteiger partial charge is 0.481 e. The van der Waals surface area contributed by atoms with Crippen LogP contribution in [-0.4, -0.2) is 11.1 Å². The van der Waals surface area contributed by atoms with Gasteiger partial charge < -0.3 is 5.11 Å². The minimum Gasteiger partial charge on any atom is -0.481 e. The highest BCUT2D eigenvalue weighted by molar-refractivity contribution is 5.75. The zero-order valence-electron chi connectivity index (χ0n) is 13.9. The van der Waals surface area contributed by atoms with Crippen molar-refractivity contribution in [3.63, 3.8) is 0 Å². The first-order chi connectivity index (χ1) is 11.2. The van der Waals surface area contributed by atoms with Gasteiger partial charge in [-0.1, -0.05) is 74.0 Å². The number of carboxylic acids is 1. The van der Waals surface area contributed by atoms with Crippen molar-refractivity contribution in [2.45, 2.75) is 45.4 Å². The molecule has 0 amide bonds. The minimum atomic E-state index is -0.656. The van der Waals surface area contributed by atoms with E-state index in [9.17, 15) is 9.90 Å². The first-order valence-electron chi connectivity index (χ1n) is 8.47. The molecule has 122 valence electrons. The van der Waals surface area contributed by atoms with Crippen LogP contribution in [0.2, 0.25) is 0 Å². The fraction of sp³-hybridized carbons (Fsp3) is 0.381. The van der Waals surface area contributed by atoms with Crippen LogP contribution >= 0.6 is 0 Å². The van der Waals surface area contributed by atoms with Crippen molar-refractivity contribution in [2.24, 2.45) is 5.41 Å². The summed E-state index contributed by atoms with van der Waals surface area (Å²) < 4.78 is 0. The molecular weight excluding hydrogens is 284 g/mol. The number of rotatable bonds is 9. The van der Waals surface area contributed by atoms with Gasteiger partial charge in [-0.2, -0.15) is 0 Å².